The van der Waals surface area contributed by atoms with Crippen molar-refractivity contribution in [2.24, 2.45) is 5.41 Å². The molecule has 1 aromatic carbocycles. The van der Waals surface area contributed by atoms with Crippen LogP contribution in [0.5, 0.6) is 5.75 Å². The number of nitrogens with zero attached hydrogens (tertiary/aromatic N) is 2. The number of piperidine rings is 2. The van der Waals surface area contributed by atoms with Crippen molar-refractivity contribution in [2.45, 2.75) is 31.7 Å². The van der Waals surface area contributed by atoms with E-state index in [9.17, 15) is 9.90 Å². The Kier molecular flexibility index (Phi) is 5.11. The van der Waals surface area contributed by atoms with Gasteiger partial charge >= 0.3 is 0 Å². The first-order valence-corrected chi connectivity index (χ1v) is 8.80. The van der Waals surface area contributed by atoms with Crippen LogP contribution in [0, 0.1) is 5.41 Å². The molecule has 2 aliphatic heterocycles. The number of amides is 1. The Morgan fingerprint density at radius 3 is 2.71 bits per heavy atom. The highest BCUT2D eigenvalue weighted by Crippen LogP contribution is 2.41. The fraction of sp³-hybridized carbons (Fsp3) is 0.632. The standard InChI is InChI=1S/C19H28N2O3/c1-20-10-3-8-19(14-22)9-11-21(13-17(19)20)18(23)12-15-4-6-16(24-2)7-5-15/h4-7,17,22H,3,8-14H2,1-2H3/t17-,19-/m1/s1. The molecule has 3 rings (SSSR count). The van der Waals surface area contributed by atoms with Gasteiger partial charge in [-0.25, -0.2) is 0 Å². The van der Waals surface area contributed by atoms with E-state index < -0.39 is 0 Å². The molecular formula is C19H28N2O3. The first-order valence-electron chi connectivity index (χ1n) is 8.80. The van der Waals surface area contributed by atoms with Crippen LogP contribution in [0.2, 0.25) is 0 Å². The zero-order valence-corrected chi connectivity index (χ0v) is 14.7. The Labute approximate surface area is 144 Å². The molecule has 1 amide bonds. The zero-order valence-electron chi connectivity index (χ0n) is 14.7. The molecule has 5 nitrogen and oxygen atoms in total. The van der Waals surface area contributed by atoms with Crippen molar-refractivity contribution in [3.63, 3.8) is 0 Å². The minimum atomic E-state index is -0.0239. The summed E-state index contributed by atoms with van der Waals surface area (Å²) in [5, 5.41) is 9.96. The van der Waals surface area contributed by atoms with E-state index in [2.05, 4.69) is 11.9 Å². The molecule has 2 fully saturated rings. The quantitative estimate of drug-likeness (QED) is 0.909. The van der Waals surface area contributed by atoms with Gasteiger partial charge in [-0.05, 0) is 50.6 Å². The van der Waals surface area contributed by atoms with Crippen LogP contribution in [-0.2, 0) is 11.2 Å². The summed E-state index contributed by atoms with van der Waals surface area (Å²) in [6.07, 6.45) is 3.52. The van der Waals surface area contributed by atoms with Crippen molar-refractivity contribution in [2.75, 3.05) is 40.4 Å². The number of fused-ring (bicyclic) bond motifs is 1. The fourth-order valence-corrected chi connectivity index (χ4v) is 4.27. The molecule has 1 N–H and O–H groups in total. The molecule has 0 aromatic heterocycles. The van der Waals surface area contributed by atoms with Crippen molar-refractivity contribution < 1.29 is 14.6 Å². The van der Waals surface area contributed by atoms with Crippen LogP contribution in [0.1, 0.15) is 24.8 Å². The molecule has 2 aliphatic rings. The van der Waals surface area contributed by atoms with Crippen LogP contribution < -0.4 is 4.74 Å². The summed E-state index contributed by atoms with van der Waals surface area (Å²) in [7, 11) is 3.76. The molecule has 0 unspecified atom stereocenters. The maximum atomic E-state index is 12.7. The van der Waals surface area contributed by atoms with E-state index in [0.29, 0.717) is 6.42 Å². The fourth-order valence-electron chi connectivity index (χ4n) is 4.27. The van der Waals surface area contributed by atoms with E-state index in [1.54, 1.807) is 7.11 Å². The lowest BCUT2D eigenvalue weighted by atomic mass is 9.69. The number of likely N-dealkylation sites (tertiary alicyclic amines) is 2. The second kappa shape index (κ2) is 7.11. The van der Waals surface area contributed by atoms with Gasteiger partial charge in [0.15, 0.2) is 0 Å². The van der Waals surface area contributed by atoms with Gasteiger partial charge in [0, 0.05) is 24.5 Å². The number of aliphatic hydroxyl groups is 1. The smallest absolute Gasteiger partial charge is 0.227 e. The van der Waals surface area contributed by atoms with Gasteiger partial charge < -0.3 is 19.6 Å². The molecule has 0 saturated carbocycles. The normalized spacial score (nSPS) is 27.6. The summed E-state index contributed by atoms with van der Waals surface area (Å²) < 4.78 is 5.16. The molecule has 24 heavy (non-hydrogen) atoms. The van der Waals surface area contributed by atoms with Crippen molar-refractivity contribution in [3.05, 3.63) is 29.8 Å². The van der Waals surface area contributed by atoms with Crippen LogP contribution in [-0.4, -0.2) is 67.3 Å². The van der Waals surface area contributed by atoms with Crippen molar-refractivity contribution in [1.29, 1.82) is 0 Å². The monoisotopic (exact) mass is 332 g/mol. The number of carbonyl (C=O) groups excluding carboxylic acids is 1. The topological polar surface area (TPSA) is 53.0 Å². The van der Waals surface area contributed by atoms with Gasteiger partial charge in [0.1, 0.15) is 5.75 Å². The summed E-state index contributed by atoms with van der Waals surface area (Å²) in [5.41, 5.74) is 0.987. The summed E-state index contributed by atoms with van der Waals surface area (Å²) >= 11 is 0. The van der Waals surface area contributed by atoms with Crippen LogP contribution >= 0.6 is 0 Å². The molecule has 2 atom stereocenters. The highest BCUT2D eigenvalue weighted by Gasteiger charge is 2.47. The molecule has 0 aliphatic carbocycles. The number of likely N-dealkylation sites (N-methyl/N-ethyl adjacent to an activating group) is 1. The highest BCUT2D eigenvalue weighted by molar-refractivity contribution is 5.79. The van der Waals surface area contributed by atoms with Gasteiger partial charge in [-0.1, -0.05) is 12.1 Å². The lowest BCUT2D eigenvalue weighted by Gasteiger charge is -2.53. The summed E-state index contributed by atoms with van der Waals surface area (Å²) in [6.45, 7) is 2.75. The van der Waals surface area contributed by atoms with Crippen LogP contribution in [0.4, 0.5) is 0 Å². The van der Waals surface area contributed by atoms with Crippen molar-refractivity contribution in [1.82, 2.24) is 9.80 Å². The molecule has 2 heterocycles. The number of hydrogen-bond donors (Lipinski definition) is 1. The molecule has 0 radical (unpaired) electrons. The highest BCUT2D eigenvalue weighted by atomic mass is 16.5. The SMILES string of the molecule is COc1ccc(CC(=O)N2CC[C@@]3(CO)CCCN(C)[C@@H]3C2)cc1. The minimum Gasteiger partial charge on any atom is -0.497 e. The van der Waals surface area contributed by atoms with Crippen LogP contribution in [0.15, 0.2) is 24.3 Å². The second-order valence-electron chi connectivity index (χ2n) is 7.24. The Morgan fingerprint density at radius 1 is 1.29 bits per heavy atom. The van der Waals surface area contributed by atoms with Gasteiger partial charge in [0.2, 0.25) is 5.91 Å². The average Bonchev–Trinajstić information content (AvgIpc) is 2.62. The van der Waals surface area contributed by atoms with E-state index >= 15 is 0 Å². The first-order chi connectivity index (χ1) is 11.6. The van der Waals surface area contributed by atoms with E-state index in [-0.39, 0.29) is 24.0 Å². The average molecular weight is 332 g/mol. The van der Waals surface area contributed by atoms with Crippen LogP contribution in [0.3, 0.4) is 0 Å². The number of aliphatic hydroxyl groups excluding tert-OH is 1. The third-order valence-electron chi connectivity index (χ3n) is 5.88. The number of carbonyl (C=O) groups is 1. The Hall–Kier alpha value is -1.59. The lowest BCUT2D eigenvalue weighted by Crippen LogP contribution is -2.62. The molecule has 0 spiro atoms. The molecule has 0 bridgehead atoms. The molecule has 5 heteroatoms. The Balaban J connectivity index is 1.66. The molecule has 1 aromatic rings. The maximum absolute atomic E-state index is 12.7. The molecule has 132 valence electrons. The predicted molar refractivity (Wildman–Crippen MR) is 93.1 cm³/mol. The lowest BCUT2D eigenvalue weighted by molar-refractivity contribution is -0.139. The maximum Gasteiger partial charge on any atom is 0.227 e. The van der Waals surface area contributed by atoms with Crippen molar-refractivity contribution >= 4 is 5.91 Å². The summed E-state index contributed by atoms with van der Waals surface area (Å²) in [5.74, 6) is 0.978. The van der Waals surface area contributed by atoms with E-state index in [1.165, 1.54) is 0 Å². The third-order valence-corrected chi connectivity index (χ3v) is 5.88. The number of methoxy groups -OCH3 is 1. The van der Waals surface area contributed by atoms with Gasteiger partial charge in [-0.15, -0.1) is 0 Å². The van der Waals surface area contributed by atoms with E-state index in [4.69, 9.17) is 4.74 Å². The molecule has 2 saturated heterocycles. The second-order valence-corrected chi connectivity index (χ2v) is 7.24. The summed E-state index contributed by atoms with van der Waals surface area (Å²) in [4.78, 5) is 17.0. The molecular weight excluding hydrogens is 304 g/mol. The number of rotatable bonds is 4. The zero-order chi connectivity index (χ0) is 17.2. The van der Waals surface area contributed by atoms with Crippen LogP contribution in [0.25, 0.3) is 0 Å². The van der Waals surface area contributed by atoms with E-state index in [0.717, 1.165) is 50.2 Å². The third kappa shape index (κ3) is 3.28. The van der Waals surface area contributed by atoms with Gasteiger partial charge in [0.05, 0.1) is 20.1 Å². The number of ether oxygens (including phenoxy) is 1. The van der Waals surface area contributed by atoms with E-state index in [1.807, 2.05) is 29.2 Å². The van der Waals surface area contributed by atoms with Gasteiger partial charge in [-0.2, -0.15) is 0 Å². The first kappa shape index (κ1) is 17.2. The van der Waals surface area contributed by atoms with Crippen molar-refractivity contribution in [3.8, 4) is 5.75 Å². The predicted octanol–water partition coefficient (Wildman–Crippen LogP) is 1.54. The minimum absolute atomic E-state index is 0.0239. The summed E-state index contributed by atoms with van der Waals surface area (Å²) in [6, 6.07) is 7.95. The Bertz CT molecular complexity index is 574. The van der Waals surface area contributed by atoms with Gasteiger partial charge in [-0.3, -0.25) is 4.79 Å². The van der Waals surface area contributed by atoms with Gasteiger partial charge in [0.25, 0.3) is 0 Å². The number of hydrogen-bond acceptors (Lipinski definition) is 4. The largest absolute Gasteiger partial charge is 0.497 e. The number of benzene rings is 1. The Morgan fingerprint density at radius 2 is 2.04 bits per heavy atom.